The third-order valence-electron chi connectivity index (χ3n) is 3.62. The first-order chi connectivity index (χ1) is 10.1. The zero-order valence-electron chi connectivity index (χ0n) is 12.3. The Morgan fingerprint density at radius 3 is 2.95 bits per heavy atom. The monoisotopic (exact) mass is 287 g/mol. The van der Waals surface area contributed by atoms with Crippen molar-refractivity contribution in [2.45, 2.75) is 32.3 Å². The molecule has 0 aromatic heterocycles. The molecular formula is C17H21NO3. The van der Waals surface area contributed by atoms with E-state index in [9.17, 15) is 9.90 Å². The van der Waals surface area contributed by atoms with E-state index in [4.69, 9.17) is 5.11 Å². The summed E-state index contributed by atoms with van der Waals surface area (Å²) in [5.41, 5.74) is 2.46. The highest BCUT2D eigenvalue weighted by atomic mass is 16.3. The third-order valence-corrected chi connectivity index (χ3v) is 3.62. The van der Waals surface area contributed by atoms with Gasteiger partial charge in [-0.15, -0.1) is 0 Å². The number of β-amino-alcohol motifs (C(OH)–C–C–N with tert-alkyl or cyclic N) is 1. The fraction of sp³-hybridized carbons (Fsp3) is 0.471. The van der Waals surface area contributed by atoms with Gasteiger partial charge >= 0.3 is 0 Å². The Hall–Kier alpha value is -1.83. The van der Waals surface area contributed by atoms with E-state index in [0.29, 0.717) is 25.1 Å². The molecule has 0 radical (unpaired) electrons. The predicted octanol–water partition coefficient (Wildman–Crippen LogP) is 1.33. The molecule has 4 heteroatoms. The van der Waals surface area contributed by atoms with Gasteiger partial charge in [0.15, 0.2) is 0 Å². The molecule has 1 fully saturated rings. The van der Waals surface area contributed by atoms with Gasteiger partial charge in [-0.25, -0.2) is 0 Å². The quantitative estimate of drug-likeness (QED) is 0.807. The van der Waals surface area contributed by atoms with Crippen LogP contribution in [-0.4, -0.2) is 46.8 Å². The SMILES string of the molecule is Cc1cc(C(=O)N2CCCC(O)C2)ccc1C#CCCO. The largest absolute Gasteiger partial charge is 0.395 e. The number of nitrogens with zero attached hydrogens (tertiary/aromatic N) is 1. The van der Waals surface area contributed by atoms with E-state index in [0.717, 1.165) is 24.0 Å². The van der Waals surface area contributed by atoms with Gasteiger partial charge in [-0.05, 0) is 43.5 Å². The van der Waals surface area contributed by atoms with Crippen LogP contribution in [0.5, 0.6) is 0 Å². The molecule has 0 bridgehead atoms. The summed E-state index contributed by atoms with van der Waals surface area (Å²) >= 11 is 0. The van der Waals surface area contributed by atoms with Crippen molar-refractivity contribution in [1.82, 2.24) is 4.90 Å². The first kappa shape index (κ1) is 15.6. The third kappa shape index (κ3) is 4.07. The van der Waals surface area contributed by atoms with Gasteiger partial charge in [-0.1, -0.05) is 11.8 Å². The predicted molar refractivity (Wildman–Crippen MR) is 80.9 cm³/mol. The number of hydrogen-bond donors (Lipinski definition) is 2. The standard InChI is InChI=1S/C17H21NO3/c1-13-11-15(8-7-14(13)5-2-3-10-19)17(21)18-9-4-6-16(20)12-18/h7-8,11,16,19-20H,3-4,6,9-10,12H2,1H3. The van der Waals surface area contributed by atoms with Gasteiger partial charge in [-0.2, -0.15) is 0 Å². The van der Waals surface area contributed by atoms with E-state index in [1.807, 2.05) is 19.1 Å². The number of rotatable bonds is 2. The molecule has 0 spiro atoms. The molecule has 1 aromatic rings. The van der Waals surface area contributed by atoms with E-state index < -0.39 is 6.10 Å². The maximum absolute atomic E-state index is 12.4. The Balaban J connectivity index is 2.12. The minimum absolute atomic E-state index is 0.0354. The Morgan fingerprint density at radius 1 is 1.48 bits per heavy atom. The lowest BCUT2D eigenvalue weighted by Crippen LogP contribution is -2.42. The van der Waals surface area contributed by atoms with E-state index in [-0.39, 0.29) is 12.5 Å². The number of amides is 1. The zero-order chi connectivity index (χ0) is 15.2. The molecule has 1 saturated heterocycles. The molecule has 1 unspecified atom stereocenters. The molecule has 2 N–H and O–H groups in total. The number of carbonyl (C=O) groups excluding carboxylic acids is 1. The molecule has 1 amide bonds. The number of aryl methyl sites for hydroxylation is 1. The summed E-state index contributed by atoms with van der Waals surface area (Å²) in [6.45, 7) is 3.09. The van der Waals surface area contributed by atoms with Crippen LogP contribution in [0, 0.1) is 18.8 Å². The van der Waals surface area contributed by atoms with Gasteiger partial charge in [0.2, 0.25) is 0 Å². The zero-order valence-corrected chi connectivity index (χ0v) is 12.3. The molecule has 4 nitrogen and oxygen atoms in total. The highest BCUT2D eigenvalue weighted by Crippen LogP contribution is 2.16. The summed E-state index contributed by atoms with van der Waals surface area (Å²) in [6.07, 6.45) is 1.65. The van der Waals surface area contributed by atoms with Crippen molar-refractivity contribution in [3.63, 3.8) is 0 Å². The van der Waals surface area contributed by atoms with Crippen LogP contribution in [-0.2, 0) is 0 Å². The van der Waals surface area contributed by atoms with E-state index >= 15 is 0 Å². The van der Waals surface area contributed by atoms with Gasteiger partial charge in [0, 0.05) is 30.6 Å². The van der Waals surface area contributed by atoms with Crippen molar-refractivity contribution in [1.29, 1.82) is 0 Å². The van der Waals surface area contributed by atoms with Crippen LogP contribution >= 0.6 is 0 Å². The summed E-state index contributed by atoms with van der Waals surface area (Å²) in [5.74, 6) is 5.84. The topological polar surface area (TPSA) is 60.8 Å². The first-order valence-corrected chi connectivity index (χ1v) is 7.29. The van der Waals surface area contributed by atoms with Crippen molar-refractivity contribution < 1.29 is 15.0 Å². The molecule has 1 aromatic carbocycles. The van der Waals surface area contributed by atoms with Crippen molar-refractivity contribution in [2.24, 2.45) is 0 Å². The molecule has 0 saturated carbocycles. The molecule has 1 aliphatic rings. The molecule has 1 aliphatic heterocycles. The second-order valence-corrected chi connectivity index (χ2v) is 5.35. The van der Waals surface area contributed by atoms with E-state index in [1.165, 1.54) is 0 Å². The Bertz CT molecular complexity index is 571. The molecule has 2 rings (SSSR count). The summed E-state index contributed by atoms with van der Waals surface area (Å²) in [6, 6.07) is 5.46. The fourth-order valence-corrected chi connectivity index (χ4v) is 2.47. The molecule has 21 heavy (non-hydrogen) atoms. The second-order valence-electron chi connectivity index (χ2n) is 5.35. The fourth-order valence-electron chi connectivity index (χ4n) is 2.47. The smallest absolute Gasteiger partial charge is 0.253 e. The van der Waals surface area contributed by atoms with Gasteiger partial charge in [0.1, 0.15) is 0 Å². The number of benzene rings is 1. The van der Waals surface area contributed by atoms with Crippen LogP contribution in [0.15, 0.2) is 18.2 Å². The average molecular weight is 287 g/mol. The van der Waals surface area contributed by atoms with Gasteiger partial charge in [-0.3, -0.25) is 4.79 Å². The number of aliphatic hydroxyl groups is 2. The highest BCUT2D eigenvalue weighted by molar-refractivity contribution is 5.94. The highest BCUT2D eigenvalue weighted by Gasteiger charge is 2.23. The number of piperidine rings is 1. The van der Waals surface area contributed by atoms with E-state index in [1.54, 1.807) is 11.0 Å². The van der Waals surface area contributed by atoms with Crippen LogP contribution in [0.4, 0.5) is 0 Å². The minimum atomic E-state index is -0.410. The summed E-state index contributed by atoms with van der Waals surface area (Å²) in [7, 11) is 0. The Morgan fingerprint density at radius 2 is 2.29 bits per heavy atom. The molecule has 112 valence electrons. The molecule has 1 atom stereocenters. The first-order valence-electron chi connectivity index (χ1n) is 7.29. The number of likely N-dealkylation sites (tertiary alicyclic amines) is 1. The van der Waals surface area contributed by atoms with Crippen LogP contribution in [0.1, 0.15) is 40.7 Å². The van der Waals surface area contributed by atoms with Gasteiger partial charge < -0.3 is 15.1 Å². The Kier molecular flexibility index (Phi) is 5.38. The number of hydrogen-bond acceptors (Lipinski definition) is 3. The second kappa shape index (κ2) is 7.26. The van der Waals surface area contributed by atoms with Crippen molar-refractivity contribution in [2.75, 3.05) is 19.7 Å². The van der Waals surface area contributed by atoms with Crippen LogP contribution in [0.25, 0.3) is 0 Å². The lowest BCUT2D eigenvalue weighted by Gasteiger charge is -2.30. The molecule has 1 heterocycles. The van der Waals surface area contributed by atoms with Gasteiger partial charge in [0.25, 0.3) is 5.91 Å². The van der Waals surface area contributed by atoms with Gasteiger partial charge in [0.05, 0.1) is 12.7 Å². The number of carbonyl (C=O) groups is 1. The molecular weight excluding hydrogens is 266 g/mol. The minimum Gasteiger partial charge on any atom is -0.395 e. The molecule has 0 aliphatic carbocycles. The number of aliphatic hydroxyl groups excluding tert-OH is 2. The normalized spacial score (nSPS) is 18.0. The summed E-state index contributed by atoms with van der Waals surface area (Å²) in [4.78, 5) is 14.1. The van der Waals surface area contributed by atoms with Crippen LogP contribution < -0.4 is 0 Å². The van der Waals surface area contributed by atoms with Crippen molar-refractivity contribution >= 4 is 5.91 Å². The van der Waals surface area contributed by atoms with Crippen molar-refractivity contribution in [3.05, 3.63) is 34.9 Å². The summed E-state index contributed by atoms with van der Waals surface area (Å²) in [5, 5.41) is 18.4. The van der Waals surface area contributed by atoms with Crippen LogP contribution in [0.2, 0.25) is 0 Å². The maximum Gasteiger partial charge on any atom is 0.253 e. The van der Waals surface area contributed by atoms with Crippen molar-refractivity contribution in [3.8, 4) is 11.8 Å². The maximum atomic E-state index is 12.4. The lowest BCUT2D eigenvalue weighted by molar-refractivity contribution is 0.0473. The van der Waals surface area contributed by atoms with Crippen LogP contribution in [0.3, 0.4) is 0 Å². The van der Waals surface area contributed by atoms with E-state index in [2.05, 4.69) is 11.8 Å². The lowest BCUT2D eigenvalue weighted by atomic mass is 10.0. The average Bonchev–Trinajstić information content (AvgIpc) is 2.48. The summed E-state index contributed by atoms with van der Waals surface area (Å²) < 4.78 is 0. The Labute approximate surface area is 125 Å².